The van der Waals surface area contributed by atoms with Crippen LogP contribution in [0.15, 0.2) is 47.8 Å². The van der Waals surface area contributed by atoms with Gasteiger partial charge in [-0.1, -0.05) is 17.7 Å². The Morgan fingerprint density at radius 3 is 2.62 bits per heavy atom. The second kappa shape index (κ2) is 10.1. The number of amides is 1. The molecular weight excluding hydrogens is 384 g/mol. The molecule has 0 saturated heterocycles. The van der Waals surface area contributed by atoms with Crippen LogP contribution in [0.5, 0.6) is 11.5 Å². The Labute approximate surface area is 175 Å². The molecule has 0 aliphatic rings. The molecule has 0 bridgehead atoms. The fourth-order valence-electron chi connectivity index (χ4n) is 2.91. The number of hydrogen-bond donors (Lipinski definition) is 1. The second-order valence-electron chi connectivity index (χ2n) is 6.76. The van der Waals surface area contributed by atoms with E-state index in [1.54, 1.807) is 0 Å². The molecule has 0 aliphatic carbocycles. The maximum Gasteiger partial charge on any atom is 0.226 e. The summed E-state index contributed by atoms with van der Waals surface area (Å²) >= 11 is 1.42. The zero-order chi connectivity index (χ0) is 20.6. The zero-order valence-electron chi connectivity index (χ0n) is 17.0. The Kier molecular flexibility index (Phi) is 7.25. The van der Waals surface area contributed by atoms with Gasteiger partial charge in [-0.2, -0.15) is 0 Å². The minimum absolute atomic E-state index is 0.0539. The summed E-state index contributed by atoms with van der Waals surface area (Å²) in [6.45, 7) is 7.19. The first-order valence-corrected chi connectivity index (χ1v) is 10.6. The molecule has 3 rings (SSSR count). The van der Waals surface area contributed by atoms with Crippen molar-refractivity contribution in [1.29, 1.82) is 0 Å². The molecule has 1 amide bonds. The number of ether oxygens (including phenoxy) is 2. The Hall–Kier alpha value is -2.86. The van der Waals surface area contributed by atoms with Crippen LogP contribution < -0.4 is 14.8 Å². The highest BCUT2D eigenvalue weighted by atomic mass is 32.1. The van der Waals surface area contributed by atoms with Gasteiger partial charge < -0.3 is 14.8 Å². The Balaban J connectivity index is 1.45. The number of rotatable bonds is 9. The maximum absolute atomic E-state index is 12.2. The predicted octanol–water partition coefficient (Wildman–Crippen LogP) is 5.62. The first-order valence-electron chi connectivity index (χ1n) is 9.74. The minimum Gasteiger partial charge on any atom is -0.494 e. The highest BCUT2D eigenvalue weighted by Crippen LogP contribution is 2.26. The van der Waals surface area contributed by atoms with E-state index in [1.165, 1.54) is 16.9 Å². The van der Waals surface area contributed by atoms with Crippen LogP contribution in [0.4, 0.5) is 5.13 Å². The molecule has 0 atom stereocenters. The van der Waals surface area contributed by atoms with Gasteiger partial charge in [0.15, 0.2) is 5.13 Å². The van der Waals surface area contributed by atoms with Gasteiger partial charge in [-0.05, 0) is 63.1 Å². The lowest BCUT2D eigenvalue weighted by atomic mass is 10.1. The molecule has 3 aromatic rings. The predicted molar refractivity (Wildman–Crippen MR) is 118 cm³/mol. The molecule has 1 aromatic heterocycles. The summed E-state index contributed by atoms with van der Waals surface area (Å²) in [4.78, 5) is 16.7. The average Bonchev–Trinajstić information content (AvgIpc) is 3.16. The van der Waals surface area contributed by atoms with Gasteiger partial charge >= 0.3 is 0 Å². The lowest BCUT2D eigenvalue weighted by Crippen LogP contribution is -2.12. The first-order chi connectivity index (χ1) is 14.0. The number of aryl methyl sites for hydroxylation is 2. The topological polar surface area (TPSA) is 60.5 Å². The highest BCUT2D eigenvalue weighted by Gasteiger charge is 2.09. The van der Waals surface area contributed by atoms with Crippen molar-refractivity contribution in [3.8, 4) is 22.8 Å². The van der Waals surface area contributed by atoms with E-state index >= 15 is 0 Å². The van der Waals surface area contributed by atoms with Gasteiger partial charge in [-0.15, -0.1) is 11.3 Å². The smallest absolute Gasteiger partial charge is 0.226 e. The Morgan fingerprint density at radius 2 is 1.90 bits per heavy atom. The Bertz CT molecular complexity index is 951. The summed E-state index contributed by atoms with van der Waals surface area (Å²) in [5.41, 5.74) is 4.15. The number of nitrogens with zero attached hydrogens (tertiary/aromatic N) is 1. The number of aromatic nitrogens is 1. The summed E-state index contributed by atoms with van der Waals surface area (Å²) < 4.78 is 11.2. The number of hydrogen-bond acceptors (Lipinski definition) is 5. The lowest BCUT2D eigenvalue weighted by molar-refractivity contribution is -0.116. The number of anilines is 1. The summed E-state index contributed by atoms with van der Waals surface area (Å²) in [7, 11) is 0. The number of nitrogens with one attached hydrogen (secondary N) is 1. The SMILES string of the molecule is CCOc1ccc(-c2csc(NC(=O)CCCOc3ccc(C)cc3C)n2)cc1. The molecular formula is C23H26N2O3S. The average molecular weight is 411 g/mol. The Morgan fingerprint density at radius 1 is 1.10 bits per heavy atom. The van der Waals surface area contributed by atoms with Crippen molar-refractivity contribution in [1.82, 2.24) is 4.98 Å². The van der Waals surface area contributed by atoms with Gasteiger partial charge in [0.1, 0.15) is 11.5 Å². The van der Waals surface area contributed by atoms with Crippen molar-refractivity contribution in [2.24, 2.45) is 0 Å². The van der Waals surface area contributed by atoms with E-state index in [9.17, 15) is 4.79 Å². The molecule has 5 nitrogen and oxygen atoms in total. The van der Waals surface area contributed by atoms with Crippen molar-refractivity contribution in [3.63, 3.8) is 0 Å². The first kappa shape index (κ1) is 20.9. The minimum atomic E-state index is -0.0539. The summed E-state index contributed by atoms with van der Waals surface area (Å²) in [5, 5.41) is 5.41. The fourth-order valence-corrected chi connectivity index (χ4v) is 3.65. The van der Waals surface area contributed by atoms with Crippen LogP contribution in [-0.2, 0) is 4.79 Å². The van der Waals surface area contributed by atoms with Crippen molar-refractivity contribution in [2.45, 2.75) is 33.6 Å². The standard InChI is InChI=1S/C23H26N2O3S/c1-4-27-19-10-8-18(9-11-19)20-15-29-23(24-20)25-22(26)6-5-13-28-21-12-7-16(2)14-17(21)3/h7-12,14-15H,4-6,13H2,1-3H3,(H,24,25,26). The van der Waals surface area contributed by atoms with Crippen LogP contribution in [-0.4, -0.2) is 24.1 Å². The van der Waals surface area contributed by atoms with Crippen LogP contribution in [0.2, 0.25) is 0 Å². The van der Waals surface area contributed by atoms with Crippen LogP contribution >= 0.6 is 11.3 Å². The molecule has 0 radical (unpaired) electrons. The normalized spacial score (nSPS) is 10.6. The van der Waals surface area contributed by atoms with E-state index in [4.69, 9.17) is 9.47 Å². The van der Waals surface area contributed by atoms with Gasteiger partial charge in [0, 0.05) is 17.4 Å². The summed E-state index contributed by atoms with van der Waals surface area (Å²) in [5.74, 6) is 1.65. The largest absolute Gasteiger partial charge is 0.494 e. The number of carbonyl (C=O) groups is 1. The molecule has 0 unspecified atom stereocenters. The van der Waals surface area contributed by atoms with Crippen molar-refractivity contribution in [3.05, 3.63) is 59.0 Å². The van der Waals surface area contributed by atoms with Gasteiger partial charge in [0.25, 0.3) is 0 Å². The summed E-state index contributed by atoms with van der Waals surface area (Å²) in [6, 6.07) is 13.9. The van der Waals surface area contributed by atoms with E-state index in [0.29, 0.717) is 31.2 Å². The van der Waals surface area contributed by atoms with Crippen molar-refractivity contribution in [2.75, 3.05) is 18.5 Å². The molecule has 6 heteroatoms. The molecule has 29 heavy (non-hydrogen) atoms. The van der Waals surface area contributed by atoms with Gasteiger partial charge in [0.05, 0.1) is 18.9 Å². The maximum atomic E-state index is 12.2. The van der Waals surface area contributed by atoms with E-state index in [0.717, 1.165) is 28.3 Å². The molecule has 152 valence electrons. The molecule has 0 saturated carbocycles. The van der Waals surface area contributed by atoms with Crippen LogP contribution in [0.3, 0.4) is 0 Å². The van der Waals surface area contributed by atoms with Crippen molar-refractivity contribution < 1.29 is 14.3 Å². The lowest BCUT2D eigenvalue weighted by Gasteiger charge is -2.09. The molecule has 0 aliphatic heterocycles. The number of thiazole rings is 1. The number of carbonyl (C=O) groups excluding carboxylic acids is 1. The van der Waals surface area contributed by atoms with E-state index < -0.39 is 0 Å². The molecule has 1 heterocycles. The van der Waals surface area contributed by atoms with Gasteiger partial charge in [-0.3, -0.25) is 4.79 Å². The van der Waals surface area contributed by atoms with Crippen LogP contribution in [0.25, 0.3) is 11.3 Å². The highest BCUT2D eigenvalue weighted by molar-refractivity contribution is 7.14. The number of benzene rings is 2. The molecule has 0 spiro atoms. The van der Waals surface area contributed by atoms with E-state index in [2.05, 4.69) is 23.3 Å². The van der Waals surface area contributed by atoms with Crippen LogP contribution in [0.1, 0.15) is 30.9 Å². The molecule has 0 fully saturated rings. The monoisotopic (exact) mass is 410 g/mol. The second-order valence-corrected chi connectivity index (χ2v) is 7.62. The molecule has 1 N–H and O–H groups in total. The fraction of sp³-hybridized carbons (Fsp3) is 0.304. The van der Waals surface area contributed by atoms with E-state index in [-0.39, 0.29) is 5.91 Å². The zero-order valence-corrected chi connectivity index (χ0v) is 17.8. The summed E-state index contributed by atoms with van der Waals surface area (Å²) in [6.07, 6.45) is 1.04. The van der Waals surface area contributed by atoms with Gasteiger partial charge in [-0.25, -0.2) is 4.98 Å². The third-order valence-corrected chi connectivity index (χ3v) is 5.11. The third-order valence-electron chi connectivity index (χ3n) is 4.35. The quantitative estimate of drug-likeness (QED) is 0.465. The van der Waals surface area contributed by atoms with Crippen LogP contribution in [0, 0.1) is 13.8 Å². The van der Waals surface area contributed by atoms with Crippen molar-refractivity contribution >= 4 is 22.4 Å². The third kappa shape index (κ3) is 6.06. The molecule has 2 aromatic carbocycles. The van der Waals surface area contributed by atoms with Gasteiger partial charge in [0.2, 0.25) is 5.91 Å². The van der Waals surface area contributed by atoms with E-state index in [1.807, 2.05) is 55.6 Å².